The summed E-state index contributed by atoms with van der Waals surface area (Å²) in [6, 6.07) is 12.6. The van der Waals surface area contributed by atoms with Crippen molar-refractivity contribution in [2.75, 3.05) is 5.75 Å². The van der Waals surface area contributed by atoms with E-state index in [1.54, 1.807) is 30.5 Å². The molecule has 2 aromatic heterocycles. The first-order chi connectivity index (χ1) is 11.6. The van der Waals surface area contributed by atoms with Crippen molar-refractivity contribution in [3.63, 3.8) is 0 Å². The van der Waals surface area contributed by atoms with Crippen LogP contribution in [0.2, 0.25) is 0 Å². The number of thioether (sulfide) groups is 1. The summed E-state index contributed by atoms with van der Waals surface area (Å²) in [5, 5.41) is 19.3. The number of hydrogen-bond donors (Lipinski definition) is 0. The summed E-state index contributed by atoms with van der Waals surface area (Å²) in [5.41, 5.74) is 0.998. The van der Waals surface area contributed by atoms with E-state index in [0.717, 1.165) is 0 Å². The Bertz CT molecular complexity index is 846. The molecule has 0 saturated heterocycles. The Balaban J connectivity index is 1.60. The number of carbonyl (C=O) groups is 1. The zero-order chi connectivity index (χ0) is 16.9. The molecule has 1 aromatic carbocycles. The fraction of sp³-hybridized carbons (Fsp3) is 0.0625. The lowest BCUT2D eigenvalue weighted by Gasteiger charge is -2.01. The maximum absolute atomic E-state index is 12.1. The first kappa shape index (κ1) is 15.9. The number of hydrogen-bond acceptors (Lipinski definition) is 7. The van der Waals surface area contributed by atoms with Gasteiger partial charge in [-0.25, -0.2) is 0 Å². The minimum absolute atomic E-state index is 0.0430. The number of furan rings is 1. The molecule has 0 atom stereocenters. The van der Waals surface area contributed by atoms with E-state index < -0.39 is 4.92 Å². The Morgan fingerprint density at radius 3 is 2.50 bits per heavy atom. The van der Waals surface area contributed by atoms with Gasteiger partial charge >= 0.3 is 0 Å². The molecule has 0 unspecified atom stereocenters. The number of non-ortho nitro benzene ring substituents is 1. The average Bonchev–Trinajstić information content (AvgIpc) is 3.15. The highest BCUT2D eigenvalue weighted by Crippen LogP contribution is 2.21. The summed E-state index contributed by atoms with van der Waals surface area (Å²) >= 11 is 1.25. The predicted molar refractivity (Wildman–Crippen MR) is 87.9 cm³/mol. The monoisotopic (exact) mass is 341 g/mol. The van der Waals surface area contributed by atoms with Crippen LogP contribution in [0.15, 0.2) is 64.2 Å². The van der Waals surface area contributed by atoms with E-state index in [0.29, 0.717) is 22.0 Å². The van der Waals surface area contributed by atoms with Crippen molar-refractivity contribution in [1.82, 2.24) is 10.2 Å². The van der Waals surface area contributed by atoms with Crippen molar-refractivity contribution >= 4 is 23.2 Å². The normalized spacial score (nSPS) is 10.5. The van der Waals surface area contributed by atoms with E-state index in [-0.39, 0.29) is 17.2 Å². The second-order valence-corrected chi connectivity index (χ2v) is 5.75. The van der Waals surface area contributed by atoms with Crippen molar-refractivity contribution in [1.29, 1.82) is 0 Å². The summed E-state index contributed by atoms with van der Waals surface area (Å²) in [7, 11) is 0. The van der Waals surface area contributed by atoms with Crippen LogP contribution >= 0.6 is 11.8 Å². The van der Waals surface area contributed by atoms with Crippen LogP contribution in [0.5, 0.6) is 0 Å². The molecule has 0 fully saturated rings. The summed E-state index contributed by atoms with van der Waals surface area (Å²) < 4.78 is 5.23. The van der Waals surface area contributed by atoms with Gasteiger partial charge in [0.25, 0.3) is 5.69 Å². The van der Waals surface area contributed by atoms with Gasteiger partial charge in [0.2, 0.25) is 0 Å². The number of nitrogens with zero attached hydrogens (tertiary/aromatic N) is 3. The highest BCUT2D eigenvalue weighted by molar-refractivity contribution is 7.99. The molecular weight excluding hydrogens is 330 g/mol. The summed E-state index contributed by atoms with van der Waals surface area (Å²) in [5.74, 6) is 0.667. The molecule has 0 spiro atoms. The summed E-state index contributed by atoms with van der Waals surface area (Å²) in [6.07, 6.45) is 1.56. The third-order valence-electron chi connectivity index (χ3n) is 3.16. The molecule has 0 aliphatic carbocycles. The van der Waals surface area contributed by atoms with Crippen LogP contribution in [0.1, 0.15) is 10.4 Å². The molecular formula is C16H11N3O4S. The molecule has 0 amide bonds. The van der Waals surface area contributed by atoms with Gasteiger partial charge in [0.15, 0.2) is 11.5 Å². The number of nitro groups is 1. The first-order valence-electron chi connectivity index (χ1n) is 6.91. The molecule has 0 N–H and O–H groups in total. The smallest absolute Gasteiger partial charge is 0.269 e. The van der Waals surface area contributed by atoms with Crippen molar-refractivity contribution < 1.29 is 14.1 Å². The third kappa shape index (κ3) is 3.66. The fourth-order valence-electron chi connectivity index (χ4n) is 1.94. The number of aromatic nitrogens is 2. The Labute approximate surface area is 140 Å². The van der Waals surface area contributed by atoms with Gasteiger partial charge in [-0.3, -0.25) is 14.9 Å². The number of rotatable bonds is 6. The van der Waals surface area contributed by atoms with Gasteiger partial charge < -0.3 is 4.42 Å². The third-order valence-corrected chi connectivity index (χ3v) is 4.08. The van der Waals surface area contributed by atoms with E-state index in [9.17, 15) is 14.9 Å². The van der Waals surface area contributed by atoms with Crippen molar-refractivity contribution in [2.45, 2.75) is 5.03 Å². The van der Waals surface area contributed by atoms with Gasteiger partial charge in [-0.2, -0.15) is 0 Å². The van der Waals surface area contributed by atoms with Crippen LogP contribution in [-0.4, -0.2) is 26.7 Å². The average molecular weight is 341 g/mol. The number of carbonyl (C=O) groups excluding carboxylic acids is 1. The molecule has 0 aliphatic heterocycles. The highest BCUT2D eigenvalue weighted by Gasteiger charge is 2.11. The molecule has 8 heteroatoms. The van der Waals surface area contributed by atoms with E-state index in [4.69, 9.17) is 4.42 Å². The number of ketones is 1. The molecule has 0 saturated carbocycles. The lowest BCUT2D eigenvalue weighted by Crippen LogP contribution is -2.03. The summed E-state index contributed by atoms with van der Waals surface area (Å²) in [4.78, 5) is 22.2. The van der Waals surface area contributed by atoms with E-state index in [2.05, 4.69) is 10.2 Å². The van der Waals surface area contributed by atoms with Crippen molar-refractivity contribution in [3.05, 3.63) is 70.5 Å². The van der Waals surface area contributed by atoms with Crippen LogP contribution in [-0.2, 0) is 0 Å². The first-order valence-corrected chi connectivity index (χ1v) is 7.90. The molecule has 3 aromatic rings. The molecule has 120 valence electrons. The number of nitro benzene ring substituents is 1. The lowest BCUT2D eigenvalue weighted by molar-refractivity contribution is -0.384. The predicted octanol–water partition coefficient (Wildman–Crippen LogP) is 3.62. The Morgan fingerprint density at radius 1 is 1.12 bits per heavy atom. The minimum atomic E-state index is -0.501. The van der Waals surface area contributed by atoms with Crippen LogP contribution in [0, 0.1) is 10.1 Å². The Morgan fingerprint density at radius 2 is 1.92 bits per heavy atom. The van der Waals surface area contributed by atoms with E-state index >= 15 is 0 Å². The Hall–Kier alpha value is -3.00. The summed E-state index contributed by atoms with van der Waals surface area (Å²) in [6.45, 7) is 0. The highest BCUT2D eigenvalue weighted by atomic mass is 32.2. The van der Waals surface area contributed by atoms with Crippen LogP contribution in [0.25, 0.3) is 11.5 Å². The second kappa shape index (κ2) is 7.05. The van der Waals surface area contributed by atoms with Crippen molar-refractivity contribution in [2.24, 2.45) is 0 Å². The standard InChI is InChI=1S/C16H11N3O4S/c20-14(11-3-5-12(6-4-11)19(21)22)10-24-16-8-7-13(17-18-16)15-2-1-9-23-15/h1-9H,10H2. The van der Waals surface area contributed by atoms with Gasteiger partial charge in [0.05, 0.1) is 16.9 Å². The maximum atomic E-state index is 12.1. The molecule has 0 radical (unpaired) electrons. The van der Waals surface area contributed by atoms with Gasteiger partial charge in [0, 0.05) is 17.7 Å². The molecule has 7 nitrogen and oxygen atoms in total. The van der Waals surface area contributed by atoms with Crippen LogP contribution < -0.4 is 0 Å². The van der Waals surface area contributed by atoms with Crippen LogP contribution in [0.4, 0.5) is 5.69 Å². The topological polar surface area (TPSA) is 99.1 Å². The van der Waals surface area contributed by atoms with E-state index in [1.165, 1.54) is 36.0 Å². The molecule has 0 bridgehead atoms. The SMILES string of the molecule is O=C(CSc1ccc(-c2ccco2)nn1)c1ccc([N+](=O)[O-])cc1. The molecule has 0 aliphatic rings. The molecule has 3 rings (SSSR count). The van der Waals surface area contributed by atoms with Gasteiger partial charge in [-0.15, -0.1) is 10.2 Å². The molecule has 2 heterocycles. The largest absolute Gasteiger partial charge is 0.463 e. The van der Waals surface area contributed by atoms with E-state index in [1.807, 2.05) is 0 Å². The number of Topliss-reactive ketones (excluding diaryl/α,β-unsaturated/α-hetero) is 1. The lowest BCUT2D eigenvalue weighted by atomic mass is 10.1. The van der Waals surface area contributed by atoms with Gasteiger partial charge in [-0.1, -0.05) is 11.8 Å². The minimum Gasteiger partial charge on any atom is -0.463 e. The fourth-order valence-corrected chi connectivity index (χ4v) is 2.65. The van der Waals surface area contributed by atoms with Gasteiger partial charge in [0.1, 0.15) is 10.7 Å². The van der Waals surface area contributed by atoms with Crippen molar-refractivity contribution in [3.8, 4) is 11.5 Å². The zero-order valence-corrected chi connectivity index (χ0v) is 13.1. The quantitative estimate of drug-likeness (QED) is 0.292. The zero-order valence-electron chi connectivity index (χ0n) is 12.3. The Kier molecular flexibility index (Phi) is 4.66. The van der Waals surface area contributed by atoms with Gasteiger partial charge in [-0.05, 0) is 36.4 Å². The maximum Gasteiger partial charge on any atom is 0.269 e. The second-order valence-electron chi connectivity index (χ2n) is 4.75. The number of benzene rings is 1. The van der Waals surface area contributed by atoms with Crippen LogP contribution in [0.3, 0.4) is 0 Å². The molecule has 24 heavy (non-hydrogen) atoms.